The van der Waals surface area contributed by atoms with Crippen molar-refractivity contribution in [3.8, 4) is 5.75 Å². The summed E-state index contributed by atoms with van der Waals surface area (Å²) in [5, 5.41) is 10.3. The van der Waals surface area contributed by atoms with E-state index in [2.05, 4.69) is 46.3 Å². The molecule has 3 unspecified atom stereocenters. The van der Waals surface area contributed by atoms with Gasteiger partial charge >= 0.3 is 0 Å². The Morgan fingerprint density at radius 3 is 2.89 bits per heavy atom. The van der Waals surface area contributed by atoms with Crippen LogP contribution in [0.25, 0.3) is 10.9 Å². The van der Waals surface area contributed by atoms with Crippen LogP contribution >= 0.6 is 11.6 Å². The van der Waals surface area contributed by atoms with Crippen molar-refractivity contribution in [1.29, 1.82) is 0 Å². The third kappa shape index (κ3) is 6.07. The van der Waals surface area contributed by atoms with Crippen molar-refractivity contribution < 1.29 is 13.9 Å². The highest BCUT2D eigenvalue weighted by Gasteiger charge is 2.27. The van der Waals surface area contributed by atoms with Crippen LogP contribution in [0.15, 0.2) is 49.3 Å². The van der Waals surface area contributed by atoms with Gasteiger partial charge in [-0.05, 0) is 56.5 Å². The van der Waals surface area contributed by atoms with Crippen LogP contribution in [0.1, 0.15) is 39.5 Å². The average Bonchev–Trinajstić information content (AvgIpc) is 2.82. The maximum atomic E-state index is 13.6. The van der Waals surface area contributed by atoms with E-state index in [0.29, 0.717) is 45.9 Å². The molecule has 2 aromatic carbocycles. The summed E-state index contributed by atoms with van der Waals surface area (Å²) in [5.74, 6) is 0.163. The number of halogens is 2. The zero-order chi connectivity index (χ0) is 24.9. The molecule has 0 radical (unpaired) electrons. The molecule has 0 bridgehead atoms. The van der Waals surface area contributed by atoms with Gasteiger partial charge in [0.1, 0.15) is 29.8 Å². The van der Waals surface area contributed by atoms with Crippen molar-refractivity contribution in [2.75, 3.05) is 10.6 Å². The average molecular weight is 498 g/mol. The van der Waals surface area contributed by atoms with Crippen LogP contribution in [0.2, 0.25) is 5.02 Å². The summed E-state index contributed by atoms with van der Waals surface area (Å²) in [4.78, 5) is 21.0. The fraction of sp³-hybridized carbons (Fsp3) is 0.346. The van der Waals surface area contributed by atoms with Gasteiger partial charge in [0.05, 0.1) is 16.2 Å². The molecule has 35 heavy (non-hydrogen) atoms. The molecule has 9 heteroatoms. The highest BCUT2D eigenvalue weighted by molar-refractivity contribution is 6.31. The molecule has 1 aliphatic heterocycles. The Balaban J connectivity index is 1.69. The number of rotatable bonds is 8. The number of hydrogen-bond acceptors (Lipinski definition) is 6. The molecule has 1 fully saturated rings. The topological polar surface area (TPSA) is 88.2 Å². The molecular weight excluding hydrogens is 469 g/mol. The third-order valence-electron chi connectivity index (χ3n) is 5.98. The molecule has 3 atom stereocenters. The molecule has 1 aliphatic rings. The number of hydrogen-bond donors (Lipinski definition) is 3. The second-order valence-electron chi connectivity index (χ2n) is 8.80. The molecular formula is C26H29ClFN5O2. The number of anilines is 3. The van der Waals surface area contributed by atoms with E-state index in [4.69, 9.17) is 16.3 Å². The zero-order valence-corrected chi connectivity index (χ0v) is 20.5. The first kappa shape index (κ1) is 24.9. The standard InChI is InChI=1S/C26H29ClFN5O2/c1-4-6-16-10-18(9-15(3)31-16)35-24-13-22-19(12-23(24)33-25(34)5-2)26(30-14-29-22)32-17-7-8-21(28)20(27)11-17/h5,7-8,11-16,18,31H,2,4,6,9-10H2,1,3H3,(H,33,34)(H,29,30,32). The summed E-state index contributed by atoms with van der Waals surface area (Å²) in [5.41, 5.74) is 1.70. The van der Waals surface area contributed by atoms with Crippen LogP contribution in [0.5, 0.6) is 5.75 Å². The van der Waals surface area contributed by atoms with Crippen molar-refractivity contribution in [3.63, 3.8) is 0 Å². The highest BCUT2D eigenvalue weighted by Crippen LogP contribution is 2.35. The van der Waals surface area contributed by atoms with Crippen LogP contribution in [-0.4, -0.2) is 34.1 Å². The van der Waals surface area contributed by atoms with E-state index in [1.807, 2.05) is 0 Å². The minimum atomic E-state index is -0.505. The van der Waals surface area contributed by atoms with Crippen molar-refractivity contribution in [2.24, 2.45) is 0 Å². The summed E-state index contributed by atoms with van der Waals surface area (Å²) >= 11 is 5.92. The number of aromatic nitrogens is 2. The lowest BCUT2D eigenvalue weighted by Crippen LogP contribution is -2.47. The first-order valence-corrected chi connectivity index (χ1v) is 12.1. The molecule has 3 N–H and O–H groups in total. The van der Waals surface area contributed by atoms with Gasteiger partial charge in [0.15, 0.2) is 0 Å². The lowest BCUT2D eigenvalue weighted by atomic mass is 9.94. The molecule has 0 spiro atoms. The number of piperidine rings is 1. The first-order valence-electron chi connectivity index (χ1n) is 11.7. The smallest absolute Gasteiger partial charge is 0.247 e. The lowest BCUT2D eigenvalue weighted by Gasteiger charge is -2.35. The predicted octanol–water partition coefficient (Wildman–Crippen LogP) is 5.98. The third-order valence-corrected chi connectivity index (χ3v) is 6.27. The van der Waals surface area contributed by atoms with Crippen molar-refractivity contribution in [3.05, 3.63) is 60.2 Å². The van der Waals surface area contributed by atoms with E-state index in [1.54, 1.807) is 18.2 Å². The molecule has 0 saturated carbocycles. The Morgan fingerprint density at radius 1 is 1.31 bits per heavy atom. The number of nitrogens with one attached hydrogen (secondary N) is 3. The number of carbonyl (C=O) groups excluding carboxylic acids is 1. The first-order chi connectivity index (χ1) is 16.9. The van der Waals surface area contributed by atoms with E-state index in [-0.39, 0.29) is 17.0 Å². The van der Waals surface area contributed by atoms with Crippen molar-refractivity contribution in [2.45, 2.75) is 57.7 Å². The number of ether oxygens (including phenoxy) is 1. The van der Waals surface area contributed by atoms with Gasteiger partial charge < -0.3 is 20.7 Å². The van der Waals surface area contributed by atoms with Gasteiger partial charge in [-0.3, -0.25) is 4.79 Å². The number of benzene rings is 2. The molecule has 0 aliphatic carbocycles. The molecule has 1 saturated heterocycles. The van der Waals surface area contributed by atoms with E-state index in [1.165, 1.54) is 24.5 Å². The molecule has 7 nitrogen and oxygen atoms in total. The van der Waals surface area contributed by atoms with Gasteiger partial charge in [-0.1, -0.05) is 31.5 Å². The maximum absolute atomic E-state index is 13.6. The van der Waals surface area contributed by atoms with Gasteiger partial charge in [0.25, 0.3) is 0 Å². The number of carbonyl (C=O) groups is 1. The number of nitrogens with zero attached hydrogens (tertiary/aromatic N) is 2. The summed E-state index contributed by atoms with van der Waals surface area (Å²) in [6, 6.07) is 8.62. The maximum Gasteiger partial charge on any atom is 0.247 e. The fourth-order valence-corrected chi connectivity index (χ4v) is 4.63. The normalized spacial score (nSPS) is 19.8. The number of amides is 1. The number of fused-ring (bicyclic) bond motifs is 1. The molecule has 184 valence electrons. The summed E-state index contributed by atoms with van der Waals surface area (Å²) in [7, 11) is 0. The van der Waals surface area contributed by atoms with E-state index < -0.39 is 5.82 Å². The molecule has 1 amide bonds. The van der Waals surface area contributed by atoms with E-state index >= 15 is 0 Å². The van der Waals surface area contributed by atoms with Crippen LogP contribution in [0.4, 0.5) is 21.6 Å². The Bertz CT molecular complexity index is 1240. The van der Waals surface area contributed by atoms with Gasteiger partial charge in [0.2, 0.25) is 5.91 Å². The molecule has 4 rings (SSSR count). The van der Waals surface area contributed by atoms with Crippen LogP contribution in [-0.2, 0) is 4.79 Å². The second kappa shape index (κ2) is 11.0. The van der Waals surface area contributed by atoms with Crippen LogP contribution in [0, 0.1) is 5.82 Å². The van der Waals surface area contributed by atoms with Crippen molar-refractivity contribution >= 4 is 45.6 Å². The summed E-state index contributed by atoms with van der Waals surface area (Å²) in [6.07, 6.45) is 6.56. The molecule has 3 aromatic rings. The van der Waals surface area contributed by atoms with E-state index in [0.717, 1.165) is 25.7 Å². The fourth-order valence-electron chi connectivity index (χ4n) is 4.44. The van der Waals surface area contributed by atoms with Gasteiger partial charge in [-0.15, -0.1) is 0 Å². The van der Waals surface area contributed by atoms with E-state index in [9.17, 15) is 9.18 Å². The Hall–Kier alpha value is -3.23. The van der Waals surface area contributed by atoms with Crippen LogP contribution in [0.3, 0.4) is 0 Å². The molecule has 2 heterocycles. The Kier molecular flexibility index (Phi) is 7.83. The molecule has 1 aromatic heterocycles. The highest BCUT2D eigenvalue weighted by atomic mass is 35.5. The van der Waals surface area contributed by atoms with Gasteiger partial charge in [-0.2, -0.15) is 0 Å². The lowest BCUT2D eigenvalue weighted by molar-refractivity contribution is -0.111. The minimum absolute atomic E-state index is 0.000392. The minimum Gasteiger partial charge on any atom is -0.488 e. The SMILES string of the molecule is C=CC(=O)Nc1cc2c(Nc3ccc(F)c(Cl)c3)ncnc2cc1OC1CC(C)NC(CCC)C1. The zero-order valence-electron chi connectivity index (χ0n) is 19.8. The Labute approximate surface area is 209 Å². The van der Waals surface area contributed by atoms with Crippen molar-refractivity contribution in [1.82, 2.24) is 15.3 Å². The van der Waals surface area contributed by atoms with Gasteiger partial charge in [0, 0.05) is 29.2 Å². The van der Waals surface area contributed by atoms with Gasteiger partial charge in [-0.25, -0.2) is 14.4 Å². The Morgan fingerprint density at radius 2 is 2.14 bits per heavy atom. The van der Waals surface area contributed by atoms with Crippen LogP contribution < -0.4 is 20.7 Å². The largest absolute Gasteiger partial charge is 0.488 e. The quantitative estimate of drug-likeness (QED) is 0.332. The summed E-state index contributed by atoms with van der Waals surface area (Å²) in [6.45, 7) is 7.89. The second-order valence-corrected chi connectivity index (χ2v) is 9.21. The predicted molar refractivity (Wildman–Crippen MR) is 138 cm³/mol. The monoisotopic (exact) mass is 497 g/mol. The summed E-state index contributed by atoms with van der Waals surface area (Å²) < 4.78 is 20.0.